The summed E-state index contributed by atoms with van der Waals surface area (Å²) in [6, 6.07) is 0.423. The molecular formula is C17H31N3S. The summed E-state index contributed by atoms with van der Waals surface area (Å²) in [4.78, 5) is 8.53. The van der Waals surface area contributed by atoms with Crippen molar-refractivity contribution in [2.45, 2.75) is 65.8 Å². The van der Waals surface area contributed by atoms with Crippen LogP contribution < -0.4 is 10.2 Å². The fraction of sp³-hybridized carbons (Fsp3) is 0.824. The Bertz CT molecular complexity index is 415. The van der Waals surface area contributed by atoms with E-state index in [-0.39, 0.29) is 0 Å². The average molecular weight is 310 g/mol. The lowest BCUT2D eigenvalue weighted by Gasteiger charge is -2.40. The van der Waals surface area contributed by atoms with Crippen molar-refractivity contribution in [3.63, 3.8) is 0 Å². The maximum atomic E-state index is 4.67. The molecule has 2 heterocycles. The Hall–Kier alpha value is -0.610. The van der Waals surface area contributed by atoms with Gasteiger partial charge in [-0.1, -0.05) is 33.6 Å². The summed E-state index contributed by atoms with van der Waals surface area (Å²) in [5.74, 6) is 0. The number of rotatable bonds is 7. The molecule has 0 spiro atoms. The quantitative estimate of drug-likeness (QED) is 0.797. The summed E-state index contributed by atoms with van der Waals surface area (Å²) < 4.78 is 0. The van der Waals surface area contributed by atoms with Crippen LogP contribution in [0.5, 0.6) is 0 Å². The molecule has 1 unspecified atom stereocenters. The summed E-state index contributed by atoms with van der Waals surface area (Å²) in [5, 5.41) is 4.77. The van der Waals surface area contributed by atoms with Gasteiger partial charge in [0.05, 0.1) is 0 Å². The minimum Gasteiger partial charge on any atom is -0.348 e. The van der Waals surface area contributed by atoms with Gasteiger partial charge in [-0.2, -0.15) is 0 Å². The second kappa shape index (κ2) is 7.59. The monoisotopic (exact) mass is 309 g/mol. The molecule has 1 aliphatic heterocycles. The molecule has 0 radical (unpaired) electrons. The van der Waals surface area contributed by atoms with E-state index in [0.717, 1.165) is 6.54 Å². The molecule has 1 N–H and O–H groups in total. The molecule has 1 atom stereocenters. The van der Waals surface area contributed by atoms with E-state index in [1.165, 1.54) is 55.2 Å². The van der Waals surface area contributed by atoms with Crippen molar-refractivity contribution >= 4 is 16.5 Å². The molecular weight excluding hydrogens is 278 g/mol. The van der Waals surface area contributed by atoms with Crippen molar-refractivity contribution < 1.29 is 0 Å². The fourth-order valence-corrected chi connectivity index (χ4v) is 4.21. The van der Waals surface area contributed by atoms with Crippen LogP contribution in [-0.2, 0) is 0 Å². The SMILES string of the molecule is CCCNC(C)c1cnc(N2CCC(CC)(CC)CC2)s1. The topological polar surface area (TPSA) is 28.2 Å². The summed E-state index contributed by atoms with van der Waals surface area (Å²) >= 11 is 1.87. The predicted octanol–water partition coefficient (Wildman–Crippen LogP) is 4.61. The Morgan fingerprint density at radius 1 is 1.29 bits per heavy atom. The zero-order valence-electron chi connectivity index (χ0n) is 14.1. The van der Waals surface area contributed by atoms with Gasteiger partial charge in [0.15, 0.2) is 5.13 Å². The predicted molar refractivity (Wildman–Crippen MR) is 93.3 cm³/mol. The highest BCUT2D eigenvalue weighted by Gasteiger charge is 2.32. The summed E-state index contributed by atoms with van der Waals surface area (Å²) in [6.45, 7) is 12.6. The second-order valence-corrected chi connectivity index (χ2v) is 7.46. The summed E-state index contributed by atoms with van der Waals surface area (Å²) in [6.07, 6.45) is 8.51. The number of piperidine rings is 1. The Morgan fingerprint density at radius 2 is 1.95 bits per heavy atom. The third-order valence-corrected chi connectivity index (χ3v) is 6.47. The van der Waals surface area contributed by atoms with Crippen LogP contribution in [0.15, 0.2) is 6.20 Å². The standard InChI is InChI=1S/C17H31N3S/c1-5-10-18-14(4)15-13-19-16(21-15)20-11-8-17(6-2,7-3)9-12-20/h13-14,18H,5-12H2,1-4H3. The molecule has 1 aromatic rings. The Kier molecular flexibility index (Phi) is 6.06. The maximum Gasteiger partial charge on any atom is 0.185 e. The first-order valence-corrected chi connectivity index (χ1v) is 9.40. The lowest BCUT2D eigenvalue weighted by atomic mass is 9.74. The molecule has 2 rings (SSSR count). The molecule has 1 fully saturated rings. The first-order chi connectivity index (χ1) is 10.1. The molecule has 4 heteroatoms. The lowest BCUT2D eigenvalue weighted by molar-refractivity contribution is 0.199. The number of anilines is 1. The Balaban J connectivity index is 1.94. The Labute approximate surface area is 134 Å². The van der Waals surface area contributed by atoms with Gasteiger partial charge in [-0.15, -0.1) is 11.3 Å². The number of nitrogens with one attached hydrogen (secondary N) is 1. The van der Waals surface area contributed by atoms with Crippen LogP contribution >= 0.6 is 11.3 Å². The van der Waals surface area contributed by atoms with E-state index in [2.05, 4.69) is 49.1 Å². The van der Waals surface area contributed by atoms with Crippen molar-refractivity contribution in [1.82, 2.24) is 10.3 Å². The van der Waals surface area contributed by atoms with Gasteiger partial charge in [0.2, 0.25) is 0 Å². The van der Waals surface area contributed by atoms with E-state index >= 15 is 0 Å². The molecule has 0 saturated carbocycles. The van der Waals surface area contributed by atoms with Gasteiger partial charge in [-0.3, -0.25) is 0 Å². The zero-order valence-corrected chi connectivity index (χ0v) is 14.9. The molecule has 21 heavy (non-hydrogen) atoms. The first-order valence-electron chi connectivity index (χ1n) is 8.58. The number of hydrogen-bond donors (Lipinski definition) is 1. The van der Waals surface area contributed by atoms with E-state index in [1.54, 1.807) is 0 Å². The van der Waals surface area contributed by atoms with E-state index in [0.29, 0.717) is 11.5 Å². The minimum absolute atomic E-state index is 0.423. The van der Waals surface area contributed by atoms with Gasteiger partial charge < -0.3 is 10.2 Å². The second-order valence-electron chi connectivity index (χ2n) is 6.42. The molecule has 120 valence electrons. The largest absolute Gasteiger partial charge is 0.348 e. The number of aromatic nitrogens is 1. The molecule has 3 nitrogen and oxygen atoms in total. The van der Waals surface area contributed by atoms with Crippen LogP contribution in [0.4, 0.5) is 5.13 Å². The molecule has 0 aliphatic carbocycles. The number of hydrogen-bond acceptors (Lipinski definition) is 4. The van der Waals surface area contributed by atoms with Crippen molar-refractivity contribution in [3.8, 4) is 0 Å². The summed E-state index contributed by atoms with van der Waals surface area (Å²) in [7, 11) is 0. The highest BCUT2D eigenvalue weighted by molar-refractivity contribution is 7.15. The summed E-state index contributed by atoms with van der Waals surface area (Å²) in [5.41, 5.74) is 0.590. The highest BCUT2D eigenvalue weighted by atomic mass is 32.1. The van der Waals surface area contributed by atoms with Crippen LogP contribution in [0.1, 0.15) is 70.7 Å². The van der Waals surface area contributed by atoms with Crippen LogP contribution in [0.3, 0.4) is 0 Å². The van der Waals surface area contributed by atoms with Gasteiger partial charge in [0.1, 0.15) is 0 Å². The van der Waals surface area contributed by atoms with Gasteiger partial charge in [0, 0.05) is 30.2 Å². The minimum atomic E-state index is 0.423. The molecule has 0 bridgehead atoms. The number of thiazole rings is 1. The highest BCUT2D eigenvalue weighted by Crippen LogP contribution is 2.40. The van der Waals surface area contributed by atoms with Crippen molar-refractivity contribution in [3.05, 3.63) is 11.1 Å². The van der Waals surface area contributed by atoms with Crippen molar-refractivity contribution in [1.29, 1.82) is 0 Å². The molecule has 1 aromatic heterocycles. The van der Waals surface area contributed by atoms with E-state index in [4.69, 9.17) is 0 Å². The van der Waals surface area contributed by atoms with Crippen molar-refractivity contribution in [2.24, 2.45) is 5.41 Å². The zero-order chi connectivity index (χ0) is 15.3. The van der Waals surface area contributed by atoms with Gasteiger partial charge in [-0.25, -0.2) is 4.98 Å². The lowest BCUT2D eigenvalue weighted by Crippen LogP contribution is -2.39. The van der Waals surface area contributed by atoms with E-state index in [1.807, 2.05) is 11.3 Å². The number of nitrogens with zero attached hydrogens (tertiary/aromatic N) is 2. The third-order valence-electron chi connectivity index (χ3n) is 5.23. The van der Waals surface area contributed by atoms with Gasteiger partial charge in [-0.05, 0) is 38.1 Å². The Morgan fingerprint density at radius 3 is 2.52 bits per heavy atom. The first kappa shape index (κ1) is 16.8. The van der Waals surface area contributed by atoms with Crippen LogP contribution in [0, 0.1) is 5.41 Å². The van der Waals surface area contributed by atoms with E-state index in [9.17, 15) is 0 Å². The maximum absolute atomic E-state index is 4.67. The van der Waals surface area contributed by atoms with Crippen LogP contribution in [0.25, 0.3) is 0 Å². The normalized spacial score (nSPS) is 19.7. The van der Waals surface area contributed by atoms with Gasteiger partial charge >= 0.3 is 0 Å². The van der Waals surface area contributed by atoms with Gasteiger partial charge in [0.25, 0.3) is 0 Å². The molecule has 1 saturated heterocycles. The molecule has 1 aliphatic rings. The third kappa shape index (κ3) is 3.98. The van der Waals surface area contributed by atoms with Crippen LogP contribution in [0.2, 0.25) is 0 Å². The van der Waals surface area contributed by atoms with E-state index < -0.39 is 0 Å². The average Bonchev–Trinajstić information content (AvgIpc) is 3.02. The smallest absolute Gasteiger partial charge is 0.185 e. The molecule has 0 amide bonds. The fourth-order valence-electron chi connectivity index (χ4n) is 3.21. The van der Waals surface area contributed by atoms with Crippen LogP contribution in [-0.4, -0.2) is 24.6 Å². The molecule has 0 aromatic carbocycles. The van der Waals surface area contributed by atoms with Crippen molar-refractivity contribution in [2.75, 3.05) is 24.5 Å².